The van der Waals surface area contributed by atoms with Gasteiger partial charge in [0, 0.05) is 33.3 Å². The number of nitrogens with zero attached hydrogens (tertiary/aromatic N) is 1. The Morgan fingerprint density at radius 1 is 1.45 bits per heavy atom. The minimum atomic E-state index is -3.89. The van der Waals surface area contributed by atoms with Crippen LogP contribution in [0.3, 0.4) is 0 Å². The molecule has 4 nitrogen and oxygen atoms in total. The van der Waals surface area contributed by atoms with Gasteiger partial charge in [-0.1, -0.05) is 0 Å². The molecule has 0 spiro atoms. The van der Waals surface area contributed by atoms with Crippen LogP contribution in [0.1, 0.15) is 35.7 Å². The van der Waals surface area contributed by atoms with Crippen LogP contribution in [-0.4, -0.2) is 31.8 Å². The number of carbonyl (C=O) groups is 1. The van der Waals surface area contributed by atoms with Gasteiger partial charge in [0.25, 0.3) is 15.0 Å². The van der Waals surface area contributed by atoms with E-state index in [2.05, 4.69) is 15.9 Å². The van der Waals surface area contributed by atoms with Crippen LogP contribution in [0.25, 0.3) is 0 Å². The molecule has 20 heavy (non-hydrogen) atoms. The fourth-order valence-electron chi connectivity index (χ4n) is 2.44. The Kier molecular flexibility index (Phi) is 4.47. The van der Waals surface area contributed by atoms with Crippen molar-refractivity contribution in [2.45, 2.75) is 37.6 Å². The van der Waals surface area contributed by atoms with E-state index in [0.717, 1.165) is 12.8 Å². The molecule has 1 fully saturated rings. The monoisotopic (exact) mass is 379 g/mol. The number of benzene rings is 1. The van der Waals surface area contributed by atoms with Gasteiger partial charge in [0.15, 0.2) is 0 Å². The van der Waals surface area contributed by atoms with Crippen LogP contribution in [0.15, 0.2) is 21.5 Å². The number of carbonyl (C=O) groups excluding carboxylic acids is 1. The van der Waals surface area contributed by atoms with E-state index in [1.807, 2.05) is 6.92 Å². The highest BCUT2D eigenvalue weighted by Crippen LogP contribution is 2.31. The number of hydrogen-bond donors (Lipinski definition) is 0. The summed E-state index contributed by atoms with van der Waals surface area (Å²) in [6.45, 7) is 4.44. The van der Waals surface area contributed by atoms with Gasteiger partial charge < -0.3 is 4.90 Å². The van der Waals surface area contributed by atoms with Gasteiger partial charge in [0.05, 0.1) is 4.90 Å². The average molecular weight is 381 g/mol. The van der Waals surface area contributed by atoms with Crippen LogP contribution in [-0.2, 0) is 9.05 Å². The Hall–Kier alpha value is -0.590. The Bertz CT molecular complexity index is 660. The molecule has 1 aliphatic rings. The van der Waals surface area contributed by atoms with Crippen LogP contribution < -0.4 is 0 Å². The summed E-state index contributed by atoms with van der Waals surface area (Å²) in [6, 6.07) is 3.21. The maximum Gasteiger partial charge on any atom is 0.262 e. The van der Waals surface area contributed by atoms with Crippen LogP contribution in [0, 0.1) is 6.92 Å². The summed E-state index contributed by atoms with van der Waals surface area (Å²) in [5.74, 6) is -0.146. The average Bonchev–Trinajstić information content (AvgIpc) is 2.76. The quantitative estimate of drug-likeness (QED) is 0.740. The lowest BCUT2D eigenvalue weighted by Gasteiger charge is -2.22. The second kappa shape index (κ2) is 5.66. The fourth-order valence-corrected chi connectivity index (χ4v) is 4.59. The molecule has 0 saturated carbocycles. The Labute approximate surface area is 131 Å². The van der Waals surface area contributed by atoms with Crippen molar-refractivity contribution >= 4 is 41.6 Å². The second-order valence-corrected chi connectivity index (χ2v) is 8.36. The predicted octanol–water partition coefficient (Wildman–Crippen LogP) is 3.31. The molecule has 0 radical (unpaired) electrons. The Morgan fingerprint density at radius 3 is 2.60 bits per heavy atom. The molecule has 1 heterocycles. The zero-order valence-corrected chi connectivity index (χ0v) is 14.3. The third kappa shape index (κ3) is 3.02. The van der Waals surface area contributed by atoms with E-state index in [4.69, 9.17) is 10.7 Å². The van der Waals surface area contributed by atoms with E-state index in [0.29, 0.717) is 22.1 Å². The van der Waals surface area contributed by atoms with Crippen LogP contribution in [0.4, 0.5) is 0 Å². The Morgan fingerprint density at radius 2 is 2.10 bits per heavy atom. The van der Waals surface area contributed by atoms with Crippen LogP contribution in [0.2, 0.25) is 0 Å². The molecule has 0 aliphatic carbocycles. The molecule has 1 atom stereocenters. The van der Waals surface area contributed by atoms with Crippen molar-refractivity contribution in [1.82, 2.24) is 4.90 Å². The zero-order chi connectivity index (χ0) is 15.1. The van der Waals surface area contributed by atoms with Crippen molar-refractivity contribution in [3.63, 3.8) is 0 Å². The number of aryl methyl sites for hydroxylation is 1. The first-order valence-corrected chi connectivity index (χ1v) is 9.38. The van der Waals surface area contributed by atoms with Crippen molar-refractivity contribution in [3.05, 3.63) is 27.7 Å². The van der Waals surface area contributed by atoms with Crippen molar-refractivity contribution in [2.75, 3.05) is 6.54 Å². The maximum absolute atomic E-state index is 12.5. The van der Waals surface area contributed by atoms with Gasteiger partial charge in [0.2, 0.25) is 0 Å². The van der Waals surface area contributed by atoms with Crippen molar-refractivity contribution in [2.24, 2.45) is 0 Å². The van der Waals surface area contributed by atoms with Gasteiger partial charge in [-0.05, 0) is 60.3 Å². The highest BCUT2D eigenvalue weighted by Gasteiger charge is 2.28. The molecule has 0 bridgehead atoms. The molecule has 0 N–H and O–H groups in total. The summed E-state index contributed by atoms with van der Waals surface area (Å²) in [4.78, 5) is 14.2. The number of rotatable bonds is 2. The van der Waals surface area contributed by atoms with Gasteiger partial charge in [-0.2, -0.15) is 0 Å². The van der Waals surface area contributed by atoms with Crippen molar-refractivity contribution < 1.29 is 13.2 Å². The molecule has 7 heteroatoms. The minimum Gasteiger partial charge on any atom is -0.336 e. The van der Waals surface area contributed by atoms with E-state index in [9.17, 15) is 13.2 Å². The summed E-state index contributed by atoms with van der Waals surface area (Å²) in [6.07, 6.45) is 1.95. The smallest absolute Gasteiger partial charge is 0.262 e. The van der Waals surface area contributed by atoms with Crippen LogP contribution in [0.5, 0.6) is 0 Å². The normalized spacial score (nSPS) is 19.4. The standard InChI is InChI=1S/C13H15BrClNO3S/c1-8-6-10(7-11(12(8)14)20(15,18)19)13(17)16-5-3-4-9(16)2/h6-7,9H,3-5H2,1-2H3. The molecule has 1 aromatic rings. The molecule has 1 aliphatic heterocycles. The molecule has 0 aromatic heterocycles. The largest absolute Gasteiger partial charge is 0.336 e. The van der Waals surface area contributed by atoms with Gasteiger partial charge in [-0.25, -0.2) is 8.42 Å². The highest BCUT2D eigenvalue weighted by atomic mass is 79.9. The molecular formula is C13H15BrClNO3S. The maximum atomic E-state index is 12.5. The third-order valence-electron chi connectivity index (χ3n) is 3.54. The first-order valence-electron chi connectivity index (χ1n) is 6.27. The first-order chi connectivity index (χ1) is 9.21. The number of likely N-dealkylation sites (tertiary alicyclic amines) is 1. The molecule has 2 rings (SSSR count). The summed E-state index contributed by atoms with van der Waals surface area (Å²) < 4.78 is 23.6. The van der Waals surface area contributed by atoms with E-state index < -0.39 is 9.05 Å². The number of halogens is 2. The molecule has 1 saturated heterocycles. The van der Waals surface area contributed by atoms with Gasteiger partial charge in [0.1, 0.15) is 0 Å². The van der Waals surface area contributed by atoms with Gasteiger partial charge >= 0.3 is 0 Å². The van der Waals surface area contributed by atoms with Gasteiger partial charge in [-0.15, -0.1) is 0 Å². The summed E-state index contributed by atoms with van der Waals surface area (Å²) in [5, 5.41) is 0. The topological polar surface area (TPSA) is 54.5 Å². The van der Waals surface area contributed by atoms with E-state index in [1.54, 1.807) is 17.9 Å². The summed E-state index contributed by atoms with van der Waals surface area (Å²) in [7, 11) is 1.52. The van der Waals surface area contributed by atoms with Gasteiger partial charge in [-0.3, -0.25) is 4.79 Å². The van der Waals surface area contributed by atoms with Crippen molar-refractivity contribution in [1.29, 1.82) is 0 Å². The van der Waals surface area contributed by atoms with Crippen LogP contribution >= 0.6 is 26.6 Å². The predicted molar refractivity (Wildman–Crippen MR) is 81.7 cm³/mol. The first kappa shape index (κ1) is 15.8. The summed E-state index contributed by atoms with van der Waals surface area (Å²) >= 11 is 3.21. The van der Waals surface area contributed by atoms with E-state index >= 15 is 0 Å². The zero-order valence-electron chi connectivity index (χ0n) is 11.2. The lowest BCUT2D eigenvalue weighted by atomic mass is 10.1. The molecule has 1 aromatic carbocycles. The highest BCUT2D eigenvalue weighted by molar-refractivity contribution is 9.10. The molecular weight excluding hydrogens is 366 g/mol. The Balaban J connectivity index is 2.48. The molecule has 110 valence electrons. The minimum absolute atomic E-state index is 0.0608. The fraction of sp³-hybridized carbons (Fsp3) is 0.462. The van der Waals surface area contributed by atoms with E-state index in [-0.39, 0.29) is 16.8 Å². The molecule has 1 unspecified atom stereocenters. The second-order valence-electron chi connectivity index (χ2n) is 5.03. The SMILES string of the molecule is Cc1cc(C(=O)N2CCCC2C)cc(S(=O)(=O)Cl)c1Br. The lowest BCUT2D eigenvalue weighted by Crippen LogP contribution is -2.33. The lowest BCUT2D eigenvalue weighted by molar-refractivity contribution is 0.0747. The number of amides is 1. The third-order valence-corrected chi connectivity index (χ3v) is 6.21. The molecule has 1 amide bonds. The number of hydrogen-bond acceptors (Lipinski definition) is 3. The van der Waals surface area contributed by atoms with Crippen molar-refractivity contribution in [3.8, 4) is 0 Å². The summed E-state index contributed by atoms with van der Waals surface area (Å²) in [5.41, 5.74) is 1.03. The van der Waals surface area contributed by atoms with E-state index in [1.165, 1.54) is 6.07 Å².